The first kappa shape index (κ1) is 25.1. The van der Waals surface area contributed by atoms with Gasteiger partial charge in [-0.25, -0.2) is 8.78 Å². The van der Waals surface area contributed by atoms with Crippen LogP contribution in [0.3, 0.4) is 0 Å². The molecule has 2 N–H and O–H groups in total. The second-order valence-electron chi connectivity index (χ2n) is 10.9. The van der Waals surface area contributed by atoms with Gasteiger partial charge >= 0.3 is 5.97 Å². The highest BCUT2D eigenvalue weighted by molar-refractivity contribution is 6.06. The predicted octanol–water partition coefficient (Wildman–Crippen LogP) is 3.63. The van der Waals surface area contributed by atoms with Crippen LogP contribution in [0, 0.1) is 40.4 Å². The zero-order valence-electron chi connectivity index (χ0n) is 20.2. The molecule has 3 fully saturated rings. The lowest BCUT2D eigenvalue weighted by molar-refractivity contribution is -0.212. The normalized spacial score (nSPS) is 45.1. The van der Waals surface area contributed by atoms with Crippen molar-refractivity contribution < 1.29 is 33.3 Å². The average molecular weight is 477 g/mol. The van der Waals surface area contributed by atoms with Crippen molar-refractivity contribution in [1.82, 2.24) is 0 Å². The summed E-state index contributed by atoms with van der Waals surface area (Å²) < 4.78 is 38.8. The predicted molar refractivity (Wildman–Crippen MR) is 122 cm³/mol. The number of esters is 1. The Morgan fingerprint density at radius 2 is 1.97 bits per heavy atom. The standard InChI is InChI=1S/C27H34F2O5/c1-5-23(33)34-24-15(2)10-17-18-11-20(28)19-12-21(31)16(8-6-7-9-30)13-26(19,4)27(18,29)22(32)14-25(17,24)3/h12-13,15,17-18,20,22,24,30,32H,5,8-11,14H2,1-4H3/t15-,17+,18+,20+,22+,24+,25+,26+,27+/m1/s1. The van der Waals surface area contributed by atoms with Crippen molar-refractivity contribution in [2.75, 3.05) is 6.61 Å². The number of fused-ring (bicyclic) bond motifs is 5. The lowest BCUT2D eigenvalue weighted by Crippen LogP contribution is -2.68. The van der Waals surface area contributed by atoms with E-state index in [0.717, 1.165) is 0 Å². The first-order valence-corrected chi connectivity index (χ1v) is 12.2. The summed E-state index contributed by atoms with van der Waals surface area (Å²) in [5, 5.41) is 20.3. The van der Waals surface area contributed by atoms with Crippen LogP contribution in [-0.4, -0.2) is 52.6 Å². The summed E-state index contributed by atoms with van der Waals surface area (Å²) in [6.07, 6.45) is -0.0123. The third-order valence-corrected chi connectivity index (χ3v) is 9.07. The number of hydrogen-bond donors (Lipinski definition) is 2. The maximum absolute atomic E-state index is 17.4. The molecule has 0 amide bonds. The van der Waals surface area contributed by atoms with Crippen LogP contribution in [0.1, 0.15) is 59.8 Å². The fraction of sp³-hybridized carbons (Fsp3) is 0.704. The molecule has 0 aromatic carbocycles. The number of carbonyl (C=O) groups is 2. The lowest BCUT2D eigenvalue weighted by Gasteiger charge is -2.62. The minimum atomic E-state index is -2.19. The summed E-state index contributed by atoms with van der Waals surface area (Å²) in [6, 6.07) is 0. The first-order valence-electron chi connectivity index (χ1n) is 12.2. The van der Waals surface area contributed by atoms with Crippen molar-refractivity contribution in [3.63, 3.8) is 0 Å². The van der Waals surface area contributed by atoms with Gasteiger partial charge in [0, 0.05) is 35.2 Å². The lowest BCUT2D eigenvalue weighted by atomic mass is 9.45. The Kier molecular flexibility index (Phi) is 6.31. The molecule has 4 aliphatic rings. The van der Waals surface area contributed by atoms with E-state index in [-0.39, 0.29) is 61.2 Å². The molecule has 0 spiro atoms. The largest absolute Gasteiger partial charge is 0.461 e. The van der Waals surface area contributed by atoms with Crippen LogP contribution in [0.4, 0.5) is 8.78 Å². The third kappa shape index (κ3) is 3.40. The fourth-order valence-electron chi connectivity index (χ4n) is 7.53. The van der Waals surface area contributed by atoms with Crippen molar-refractivity contribution in [2.24, 2.45) is 28.6 Å². The molecule has 0 aliphatic heterocycles. The van der Waals surface area contributed by atoms with Crippen molar-refractivity contribution >= 4 is 11.8 Å². The number of aliphatic hydroxyl groups is 2. The van der Waals surface area contributed by atoms with Crippen molar-refractivity contribution in [2.45, 2.75) is 83.8 Å². The van der Waals surface area contributed by atoms with E-state index in [1.165, 1.54) is 12.2 Å². The number of rotatable bonds is 3. The van der Waals surface area contributed by atoms with Gasteiger partial charge in [0.1, 0.15) is 18.9 Å². The summed E-state index contributed by atoms with van der Waals surface area (Å²) in [5.41, 5.74) is -4.07. The molecule has 3 saturated carbocycles. The summed E-state index contributed by atoms with van der Waals surface area (Å²) in [5.74, 6) is 3.28. The zero-order chi connectivity index (χ0) is 25.1. The van der Waals surface area contributed by atoms with Gasteiger partial charge in [0.15, 0.2) is 11.5 Å². The van der Waals surface area contributed by atoms with Crippen molar-refractivity contribution in [3.05, 3.63) is 23.3 Å². The Hall–Kier alpha value is -2.04. The molecule has 0 bridgehead atoms. The number of allylic oxidation sites excluding steroid dienone is 4. The van der Waals surface area contributed by atoms with Gasteiger partial charge in [0.2, 0.25) is 0 Å². The SMILES string of the molecule is CCC(=O)O[C@H]1[C@H](C)C[C@H]2[C@@H]3C[C@H](F)C4=CC(=O)C(CC#CCO)=C[C@]4(C)[C@@]3(F)[C@@H](O)C[C@@]21C. The van der Waals surface area contributed by atoms with E-state index in [4.69, 9.17) is 9.84 Å². The van der Waals surface area contributed by atoms with Gasteiger partial charge in [-0.05, 0) is 49.7 Å². The Bertz CT molecular complexity index is 1010. The van der Waals surface area contributed by atoms with Crippen molar-refractivity contribution in [3.8, 4) is 11.8 Å². The average Bonchev–Trinajstić information content (AvgIpc) is 3.02. The summed E-state index contributed by atoms with van der Waals surface area (Å²) in [4.78, 5) is 24.8. The molecule has 0 radical (unpaired) electrons. The Morgan fingerprint density at radius 3 is 2.62 bits per heavy atom. The number of aliphatic hydroxyl groups excluding tert-OH is 2. The first-order chi connectivity index (χ1) is 15.9. The zero-order valence-corrected chi connectivity index (χ0v) is 20.2. The minimum Gasteiger partial charge on any atom is -0.461 e. The molecule has 0 aromatic rings. The Balaban J connectivity index is 1.78. The van der Waals surface area contributed by atoms with Gasteiger partial charge in [0.25, 0.3) is 0 Å². The molecule has 0 heterocycles. The molecule has 34 heavy (non-hydrogen) atoms. The van der Waals surface area contributed by atoms with Crippen LogP contribution < -0.4 is 0 Å². The maximum atomic E-state index is 17.4. The molecule has 4 aliphatic carbocycles. The third-order valence-electron chi connectivity index (χ3n) is 9.07. The molecular weight excluding hydrogens is 442 g/mol. The highest BCUT2D eigenvalue weighted by Crippen LogP contribution is 2.69. The minimum absolute atomic E-state index is 0.0137. The molecule has 5 nitrogen and oxygen atoms in total. The topological polar surface area (TPSA) is 83.8 Å². The Morgan fingerprint density at radius 1 is 1.26 bits per heavy atom. The van der Waals surface area contributed by atoms with E-state index in [1.54, 1.807) is 13.8 Å². The van der Waals surface area contributed by atoms with Gasteiger partial charge in [-0.1, -0.05) is 38.7 Å². The molecular formula is C27H34F2O5. The van der Waals surface area contributed by atoms with Crippen LogP contribution in [0.15, 0.2) is 23.3 Å². The van der Waals surface area contributed by atoms with E-state index in [1.807, 2.05) is 13.8 Å². The number of alkyl halides is 2. The van der Waals surface area contributed by atoms with Gasteiger partial charge in [-0.15, -0.1) is 0 Å². The molecule has 0 aromatic heterocycles. The number of ether oxygens (including phenoxy) is 1. The van der Waals surface area contributed by atoms with Crippen LogP contribution in [0.5, 0.6) is 0 Å². The van der Waals surface area contributed by atoms with E-state index in [9.17, 15) is 14.7 Å². The molecule has 4 rings (SSSR count). The van der Waals surface area contributed by atoms with Gasteiger partial charge in [-0.3, -0.25) is 9.59 Å². The maximum Gasteiger partial charge on any atom is 0.305 e. The molecule has 0 saturated heterocycles. The monoisotopic (exact) mass is 476 g/mol. The number of ketones is 1. The Labute approximate surface area is 199 Å². The van der Waals surface area contributed by atoms with Gasteiger partial charge < -0.3 is 14.9 Å². The summed E-state index contributed by atoms with van der Waals surface area (Å²) >= 11 is 0. The highest BCUT2D eigenvalue weighted by atomic mass is 19.1. The van der Waals surface area contributed by atoms with E-state index in [0.29, 0.717) is 6.42 Å². The van der Waals surface area contributed by atoms with E-state index in [2.05, 4.69) is 11.8 Å². The summed E-state index contributed by atoms with van der Waals surface area (Å²) in [7, 11) is 0. The van der Waals surface area contributed by atoms with E-state index < -0.39 is 46.6 Å². The molecule has 9 atom stereocenters. The number of halogens is 2. The van der Waals surface area contributed by atoms with E-state index >= 15 is 8.78 Å². The number of carbonyl (C=O) groups excluding carboxylic acids is 2. The molecule has 0 unspecified atom stereocenters. The second kappa shape index (κ2) is 8.57. The quantitative estimate of drug-likeness (QED) is 0.480. The van der Waals surface area contributed by atoms with Crippen LogP contribution in [0.2, 0.25) is 0 Å². The van der Waals surface area contributed by atoms with Crippen LogP contribution in [-0.2, 0) is 14.3 Å². The van der Waals surface area contributed by atoms with Crippen LogP contribution >= 0.6 is 0 Å². The van der Waals surface area contributed by atoms with Gasteiger partial charge in [-0.2, -0.15) is 0 Å². The van der Waals surface area contributed by atoms with Gasteiger partial charge in [0.05, 0.1) is 6.10 Å². The van der Waals surface area contributed by atoms with Crippen molar-refractivity contribution in [1.29, 1.82) is 0 Å². The number of hydrogen-bond acceptors (Lipinski definition) is 5. The second-order valence-corrected chi connectivity index (χ2v) is 10.9. The summed E-state index contributed by atoms with van der Waals surface area (Å²) in [6.45, 7) is 6.82. The highest BCUT2D eigenvalue weighted by Gasteiger charge is 2.73. The fourth-order valence-corrected chi connectivity index (χ4v) is 7.53. The smallest absolute Gasteiger partial charge is 0.305 e. The molecule has 7 heteroatoms. The van der Waals surface area contributed by atoms with Crippen LogP contribution in [0.25, 0.3) is 0 Å². The molecule has 186 valence electrons.